The summed E-state index contributed by atoms with van der Waals surface area (Å²) in [4.78, 5) is 16.0. The molecular weight excluding hydrogens is 541 g/mol. The first-order chi connectivity index (χ1) is 20.3. The highest BCUT2D eigenvalue weighted by Crippen LogP contribution is 2.42. The highest BCUT2D eigenvalue weighted by atomic mass is 19.3. The lowest BCUT2D eigenvalue weighted by molar-refractivity contribution is -0.0220. The maximum absolute atomic E-state index is 15.6. The number of pyridine rings is 2. The number of fused-ring (bicyclic) bond motifs is 3. The molecule has 0 spiro atoms. The van der Waals surface area contributed by atoms with Gasteiger partial charge in [0.2, 0.25) is 0 Å². The van der Waals surface area contributed by atoms with Crippen molar-refractivity contribution in [2.45, 2.75) is 44.6 Å². The zero-order valence-corrected chi connectivity index (χ0v) is 23.7. The van der Waals surface area contributed by atoms with Crippen LogP contribution in [-0.2, 0) is 11.8 Å². The van der Waals surface area contributed by atoms with E-state index in [0.717, 1.165) is 57.4 Å². The number of imidazole rings is 1. The monoisotopic (exact) mass is 574 g/mol. The van der Waals surface area contributed by atoms with Crippen molar-refractivity contribution >= 4 is 27.6 Å². The molecule has 1 atom stereocenters. The van der Waals surface area contributed by atoms with Crippen LogP contribution in [0.4, 0.5) is 18.9 Å². The summed E-state index contributed by atoms with van der Waals surface area (Å²) in [6.45, 7) is 3.71. The molecule has 0 amide bonds. The van der Waals surface area contributed by atoms with Gasteiger partial charge in [-0.2, -0.15) is 0 Å². The SMILES string of the molecule is Cc1ncn(C)c1-c1cnc2c3ccc(N4CCC(F)(F)CC4)cc3n(C(c3ncccc3F)C3CCOCC3)c2c1. The number of hydrogen-bond acceptors (Lipinski definition) is 5. The Hall–Kier alpha value is -3.92. The van der Waals surface area contributed by atoms with E-state index in [0.29, 0.717) is 18.9 Å². The number of aromatic nitrogens is 5. The lowest BCUT2D eigenvalue weighted by Gasteiger charge is -2.34. The molecule has 7 nitrogen and oxygen atoms in total. The first kappa shape index (κ1) is 26.9. The topological polar surface area (TPSA) is 61.0 Å². The summed E-state index contributed by atoms with van der Waals surface area (Å²) in [5.41, 5.74) is 6.57. The van der Waals surface area contributed by atoms with Crippen LogP contribution in [0, 0.1) is 18.7 Å². The van der Waals surface area contributed by atoms with Gasteiger partial charge in [-0.3, -0.25) is 9.97 Å². The van der Waals surface area contributed by atoms with Gasteiger partial charge in [-0.05, 0) is 62.1 Å². The van der Waals surface area contributed by atoms with Crippen molar-refractivity contribution in [3.05, 3.63) is 72.3 Å². The molecule has 218 valence electrons. The van der Waals surface area contributed by atoms with E-state index < -0.39 is 12.0 Å². The Morgan fingerprint density at radius 1 is 1.00 bits per heavy atom. The van der Waals surface area contributed by atoms with E-state index >= 15 is 4.39 Å². The first-order valence-electron chi connectivity index (χ1n) is 14.5. The smallest absolute Gasteiger partial charge is 0.251 e. The van der Waals surface area contributed by atoms with E-state index in [1.807, 2.05) is 41.8 Å². The molecule has 10 heteroatoms. The Labute approximate surface area is 242 Å². The Balaban J connectivity index is 1.49. The minimum atomic E-state index is -2.63. The summed E-state index contributed by atoms with van der Waals surface area (Å²) in [5.74, 6) is -2.92. The van der Waals surface area contributed by atoms with Crippen molar-refractivity contribution in [1.29, 1.82) is 0 Å². The fourth-order valence-electron chi connectivity index (χ4n) is 6.77. The van der Waals surface area contributed by atoms with Crippen LogP contribution < -0.4 is 4.90 Å². The van der Waals surface area contributed by atoms with E-state index in [-0.39, 0.29) is 37.7 Å². The van der Waals surface area contributed by atoms with Crippen LogP contribution in [0.5, 0.6) is 0 Å². The van der Waals surface area contributed by atoms with Crippen molar-refractivity contribution in [3.8, 4) is 11.3 Å². The molecule has 4 aromatic heterocycles. The third kappa shape index (κ3) is 4.62. The van der Waals surface area contributed by atoms with Crippen LogP contribution in [0.15, 0.2) is 55.1 Å². The average Bonchev–Trinajstić information content (AvgIpc) is 3.50. The zero-order chi connectivity index (χ0) is 29.0. The van der Waals surface area contributed by atoms with Gasteiger partial charge in [0.05, 0.1) is 46.0 Å². The Kier molecular flexibility index (Phi) is 6.68. The molecule has 1 aromatic carbocycles. The van der Waals surface area contributed by atoms with Crippen LogP contribution >= 0.6 is 0 Å². The molecule has 0 bridgehead atoms. The van der Waals surface area contributed by atoms with Crippen LogP contribution in [0.2, 0.25) is 0 Å². The van der Waals surface area contributed by atoms with Crippen molar-refractivity contribution in [2.75, 3.05) is 31.2 Å². The Morgan fingerprint density at radius 3 is 2.50 bits per heavy atom. The van der Waals surface area contributed by atoms with Crippen molar-refractivity contribution in [2.24, 2.45) is 13.0 Å². The van der Waals surface area contributed by atoms with E-state index in [4.69, 9.17) is 9.72 Å². The number of nitrogens with zero attached hydrogens (tertiary/aromatic N) is 6. The Morgan fingerprint density at radius 2 is 1.79 bits per heavy atom. The quantitative estimate of drug-likeness (QED) is 0.234. The van der Waals surface area contributed by atoms with Crippen LogP contribution in [0.25, 0.3) is 33.2 Å². The molecule has 6 heterocycles. The van der Waals surface area contributed by atoms with Gasteiger partial charge >= 0.3 is 0 Å². The number of aryl methyl sites for hydroxylation is 2. The second-order valence-corrected chi connectivity index (χ2v) is 11.6. The number of benzene rings is 1. The maximum Gasteiger partial charge on any atom is 0.251 e. The molecule has 2 fully saturated rings. The fraction of sp³-hybridized carbons (Fsp3) is 0.406. The second kappa shape index (κ2) is 10.4. The number of rotatable bonds is 5. The minimum absolute atomic E-state index is 0.0707. The molecule has 42 heavy (non-hydrogen) atoms. The molecule has 0 aliphatic carbocycles. The van der Waals surface area contributed by atoms with Gasteiger partial charge in [0.25, 0.3) is 5.92 Å². The summed E-state index contributed by atoms with van der Waals surface area (Å²) in [6, 6.07) is 10.8. The molecule has 1 unspecified atom stereocenters. The fourth-order valence-corrected chi connectivity index (χ4v) is 6.77. The minimum Gasteiger partial charge on any atom is -0.381 e. The summed E-state index contributed by atoms with van der Waals surface area (Å²) in [7, 11) is 1.96. The molecule has 7 rings (SSSR count). The highest BCUT2D eigenvalue weighted by molar-refractivity contribution is 6.07. The molecule has 0 radical (unpaired) electrons. The normalized spacial score (nSPS) is 18.6. The third-order valence-corrected chi connectivity index (χ3v) is 8.93. The van der Waals surface area contributed by atoms with Gasteiger partial charge in [0.1, 0.15) is 5.82 Å². The molecule has 2 aliphatic rings. The highest BCUT2D eigenvalue weighted by Gasteiger charge is 2.35. The van der Waals surface area contributed by atoms with Crippen LogP contribution in [0.3, 0.4) is 0 Å². The summed E-state index contributed by atoms with van der Waals surface area (Å²) < 4.78 is 53.5. The molecule has 0 N–H and O–H groups in total. The van der Waals surface area contributed by atoms with E-state index in [2.05, 4.69) is 26.7 Å². The summed E-state index contributed by atoms with van der Waals surface area (Å²) in [5, 5.41) is 0.928. The second-order valence-electron chi connectivity index (χ2n) is 11.6. The standard InChI is InChI=1S/C32H33F3N6O/c1-20-30(39(2)19-38-20)22-16-27-28(37-18-22)24-6-5-23(40-12-9-32(34,35)10-13-40)17-26(24)41(27)31(21-7-14-42-15-8-21)29-25(33)4-3-11-36-29/h3-6,11,16-19,21,31H,7-10,12-15H2,1-2H3. The number of hydrogen-bond donors (Lipinski definition) is 0. The maximum atomic E-state index is 15.6. The molecule has 0 saturated carbocycles. The van der Waals surface area contributed by atoms with Crippen LogP contribution in [0.1, 0.15) is 43.1 Å². The first-order valence-corrected chi connectivity index (χ1v) is 14.5. The van der Waals surface area contributed by atoms with Gasteiger partial charge in [-0.1, -0.05) is 0 Å². The van der Waals surface area contributed by atoms with Gasteiger partial charge in [-0.25, -0.2) is 18.2 Å². The van der Waals surface area contributed by atoms with Crippen molar-refractivity contribution in [3.63, 3.8) is 0 Å². The zero-order valence-electron chi connectivity index (χ0n) is 23.7. The summed E-state index contributed by atoms with van der Waals surface area (Å²) in [6.07, 6.45) is 6.46. The number of piperidine rings is 1. The van der Waals surface area contributed by atoms with E-state index in [9.17, 15) is 8.78 Å². The molecule has 2 aliphatic heterocycles. The predicted molar refractivity (Wildman–Crippen MR) is 156 cm³/mol. The summed E-state index contributed by atoms with van der Waals surface area (Å²) >= 11 is 0. The largest absolute Gasteiger partial charge is 0.381 e. The van der Waals surface area contributed by atoms with Gasteiger partial charge in [-0.15, -0.1) is 0 Å². The lowest BCUT2D eigenvalue weighted by Crippen LogP contribution is -2.39. The third-order valence-electron chi connectivity index (χ3n) is 8.93. The van der Waals surface area contributed by atoms with Crippen molar-refractivity contribution < 1.29 is 17.9 Å². The number of ether oxygens (including phenoxy) is 1. The number of alkyl halides is 2. The van der Waals surface area contributed by atoms with Crippen LogP contribution in [-0.4, -0.2) is 56.3 Å². The molecular formula is C32H33F3N6O. The van der Waals surface area contributed by atoms with Crippen molar-refractivity contribution in [1.82, 2.24) is 24.1 Å². The van der Waals surface area contributed by atoms with E-state index in [1.54, 1.807) is 18.6 Å². The Bertz CT molecular complexity index is 1740. The number of anilines is 1. The number of halogens is 3. The molecule has 2 saturated heterocycles. The van der Waals surface area contributed by atoms with Gasteiger partial charge in [0, 0.05) is 75.2 Å². The van der Waals surface area contributed by atoms with E-state index in [1.165, 1.54) is 6.07 Å². The molecule has 5 aromatic rings. The predicted octanol–water partition coefficient (Wildman–Crippen LogP) is 6.68. The van der Waals surface area contributed by atoms with Gasteiger partial charge < -0.3 is 18.8 Å². The van der Waals surface area contributed by atoms with Gasteiger partial charge in [0.15, 0.2) is 0 Å². The lowest BCUT2D eigenvalue weighted by atomic mass is 9.88. The average molecular weight is 575 g/mol.